The number of ether oxygens (including phenoxy) is 1. The van der Waals surface area contributed by atoms with Gasteiger partial charge in [0, 0.05) is 19.6 Å². The second kappa shape index (κ2) is 10.6. The van der Waals surface area contributed by atoms with E-state index >= 15 is 0 Å². The van der Waals surface area contributed by atoms with E-state index in [9.17, 15) is 0 Å². The van der Waals surface area contributed by atoms with Crippen LogP contribution >= 0.6 is 0 Å². The van der Waals surface area contributed by atoms with E-state index in [0.717, 1.165) is 19.5 Å². The summed E-state index contributed by atoms with van der Waals surface area (Å²) in [6.45, 7) is 4.23. The van der Waals surface area contributed by atoms with E-state index in [1.807, 2.05) is 7.11 Å². The van der Waals surface area contributed by atoms with Crippen molar-refractivity contribution >= 4 is 0 Å². The Bertz CT molecular complexity index is 675. The van der Waals surface area contributed by atoms with Gasteiger partial charge in [-0.05, 0) is 49.8 Å². The maximum Gasteiger partial charge on any atom is 0.121 e. The van der Waals surface area contributed by atoms with Crippen LogP contribution in [0.4, 0.5) is 0 Å². The van der Waals surface area contributed by atoms with Crippen LogP contribution in [0.3, 0.4) is 0 Å². The predicted octanol–water partition coefficient (Wildman–Crippen LogP) is 6.08. The third-order valence-electron chi connectivity index (χ3n) is 6.12. The molecule has 1 N–H and O–H groups in total. The van der Waals surface area contributed by atoms with Gasteiger partial charge in [0.1, 0.15) is 5.60 Å². The maximum absolute atomic E-state index is 6.27. The lowest BCUT2D eigenvalue weighted by atomic mass is 9.76. The van der Waals surface area contributed by atoms with Gasteiger partial charge in [0.2, 0.25) is 0 Å². The summed E-state index contributed by atoms with van der Waals surface area (Å²) in [5.74, 6) is 0.296. The molecule has 0 radical (unpaired) electrons. The normalized spacial score (nSPS) is 16.0. The van der Waals surface area contributed by atoms with Crippen molar-refractivity contribution in [3.63, 3.8) is 0 Å². The van der Waals surface area contributed by atoms with E-state index in [2.05, 4.69) is 79.0 Å². The van der Waals surface area contributed by atoms with Gasteiger partial charge in [-0.1, -0.05) is 85.7 Å². The summed E-state index contributed by atoms with van der Waals surface area (Å²) in [6, 6.07) is 21.3. The van der Waals surface area contributed by atoms with Gasteiger partial charge >= 0.3 is 0 Å². The minimum absolute atomic E-state index is 0.296. The van der Waals surface area contributed by atoms with Crippen molar-refractivity contribution in [2.24, 2.45) is 5.92 Å². The van der Waals surface area contributed by atoms with Gasteiger partial charge in [-0.15, -0.1) is 0 Å². The fourth-order valence-electron chi connectivity index (χ4n) is 4.59. The molecule has 150 valence electrons. The van der Waals surface area contributed by atoms with E-state index in [1.165, 1.54) is 43.2 Å². The second-order valence-electron chi connectivity index (χ2n) is 7.99. The SMILES string of the molecule is COC(c1ccccc1)(c1ccccc1)C(C)CNCCC=C1CCCCC1. The Balaban J connectivity index is 1.68. The van der Waals surface area contributed by atoms with Crippen LogP contribution in [-0.4, -0.2) is 20.2 Å². The molecule has 2 heteroatoms. The van der Waals surface area contributed by atoms with Gasteiger partial charge in [0.15, 0.2) is 0 Å². The van der Waals surface area contributed by atoms with Gasteiger partial charge in [0.05, 0.1) is 0 Å². The molecule has 0 aliphatic heterocycles. The highest BCUT2D eigenvalue weighted by molar-refractivity contribution is 5.37. The summed E-state index contributed by atoms with van der Waals surface area (Å²) in [7, 11) is 1.84. The highest BCUT2D eigenvalue weighted by Crippen LogP contribution is 2.39. The maximum atomic E-state index is 6.27. The number of hydrogen-bond donors (Lipinski definition) is 1. The van der Waals surface area contributed by atoms with Gasteiger partial charge in [-0.2, -0.15) is 0 Å². The Labute approximate surface area is 171 Å². The molecule has 1 aliphatic carbocycles. The van der Waals surface area contributed by atoms with Crippen LogP contribution < -0.4 is 5.32 Å². The largest absolute Gasteiger partial charge is 0.368 e. The highest BCUT2D eigenvalue weighted by atomic mass is 16.5. The summed E-state index contributed by atoms with van der Waals surface area (Å²) in [4.78, 5) is 0. The lowest BCUT2D eigenvalue weighted by Crippen LogP contribution is -2.42. The summed E-state index contributed by atoms with van der Waals surface area (Å²) in [5.41, 5.74) is 3.64. The molecular weight excluding hydrogens is 342 g/mol. The molecule has 28 heavy (non-hydrogen) atoms. The zero-order valence-corrected chi connectivity index (χ0v) is 17.5. The average molecular weight is 378 g/mol. The Morgan fingerprint density at radius 3 is 2.04 bits per heavy atom. The van der Waals surface area contributed by atoms with Crippen LogP contribution in [0.15, 0.2) is 72.3 Å². The standard InChI is InChI=1S/C26H35NO/c1-22(21-27-20-12-15-23-13-6-3-7-14-23)26(28-2,24-16-8-4-9-17-24)25-18-10-5-11-19-25/h4-5,8-11,15-19,22,27H,3,6-7,12-14,20-21H2,1-2H3. The molecule has 0 amide bonds. The van der Waals surface area contributed by atoms with Crippen molar-refractivity contribution in [3.05, 3.63) is 83.4 Å². The molecule has 1 atom stereocenters. The number of rotatable bonds is 9. The summed E-state index contributed by atoms with van der Waals surface area (Å²) < 4.78 is 6.27. The number of methoxy groups -OCH3 is 1. The van der Waals surface area contributed by atoms with Crippen molar-refractivity contribution in [2.45, 2.75) is 51.0 Å². The summed E-state index contributed by atoms with van der Waals surface area (Å²) in [5, 5.41) is 3.68. The van der Waals surface area contributed by atoms with Crippen LogP contribution in [0.25, 0.3) is 0 Å². The third kappa shape index (κ3) is 4.92. The van der Waals surface area contributed by atoms with Crippen molar-refractivity contribution in [3.8, 4) is 0 Å². The molecule has 0 saturated heterocycles. The van der Waals surface area contributed by atoms with Crippen LogP contribution in [0.5, 0.6) is 0 Å². The second-order valence-corrected chi connectivity index (χ2v) is 7.99. The van der Waals surface area contributed by atoms with Crippen molar-refractivity contribution in [2.75, 3.05) is 20.2 Å². The summed E-state index contributed by atoms with van der Waals surface area (Å²) >= 11 is 0. The summed E-state index contributed by atoms with van der Waals surface area (Å²) in [6.07, 6.45) is 10.4. The molecule has 2 aromatic rings. The van der Waals surface area contributed by atoms with Crippen LogP contribution in [-0.2, 0) is 10.3 Å². The first-order valence-electron chi connectivity index (χ1n) is 10.8. The van der Waals surface area contributed by atoms with Crippen LogP contribution in [0, 0.1) is 5.92 Å². The molecule has 0 heterocycles. The minimum Gasteiger partial charge on any atom is -0.368 e. The molecule has 1 saturated carbocycles. The first-order chi connectivity index (χ1) is 13.8. The molecule has 3 rings (SSSR count). The highest BCUT2D eigenvalue weighted by Gasteiger charge is 2.39. The van der Waals surface area contributed by atoms with E-state index < -0.39 is 5.60 Å². The molecule has 2 aromatic carbocycles. The topological polar surface area (TPSA) is 21.3 Å². The Kier molecular flexibility index (Phi) is 7.88. The number of allylic oxidation sites excluding steroid dienone is 1. The number of nitrogens with one attached hydrogen (secondary N) is 1. The molecule has 0 spiro atoms. The van der Waals surface area contributed by atoms with Gasteiger partial charge in [-0.25, -0.2) is 0 Å². The zero-order valence-electron chi connectivity index (χ0n) is 17.5. The molecule has 1 fully saturated rings. The van der Waals surface area contributed by atoms with Gasteiger partial charge < -0.3 is 10.1 Å². The van der Waals surface area contributed by atoms with Crippen LogP contribution in [0.1, 0.15) is 56.6 Å². The lowest BCUT2D eigenvalue weighted by molar-refractivity contribution is -0.0230. The Morgan fingerprint density at radius 1 is 0.929 bits per heavy atom. The Hall–Kier alpha value is -1.90. The van der Waals surface area contributed by atoms with E-state index in [4.69, 9.17) is 4.74 Å². The number of benzene rings is 2. The first kappa shape index (κ1) is 20.8. The molecule has 1 aliphatic rings. The molecule has 0 aromatic heterocycles. The van der Waals surface area contributed by atoms with Crippen molar-refractivity contribution in [1.29, 1.82) is 0 Å². The van der Waals surface area contributed by atoms with Gasteiger partial charge in [-0.3, -0.25) is 0 Å². The minimum atomic E-state index is -0.447. The lowest BCUT2D eigenvalue weighted by Gasteiger charge is -2.39. The molecule has 0 bridgehead atoms. The Morgan fingerprint density at radius 2 is 1.50 bits per heavy atom. The average Bonchev–Trinajstić information content (AvgIpc) is 2.77. The fraction of sp³-hybridized carbons (Fsp3) is 0.462. The van der Waals surface area contributed by atoms with Crippen LogP contribution in [0.2, 0.25) is 0 Å². The third-order valence-corrected chi connectivity index (χ3v) is 6.12. The number of hydrogen-bond acceptors (Lipinski definition) is 2. The van der Waals surface area contributed by atoms with E-state index in [0.29, 0.717) is 5.92 Å². The first-order valence-corrected chi connectivity index (χ1v) is 10.8. The molecule has 1 unspecified atom stereocenters. The van der Waals surface area contributed by atoms with Crippen molar-refractivity contribution in [1.82, 2.24) is 5.32 Å². The fourth-order valence-corrected chi connectivity index (χ4v) is 4.59. The molecule has 2 nitrogen and oxygen atoms in total. The molecular formula is C26H35NO. The monoisotopic (exact) mass is 377 g/mol. The predicted molar refractivity (Wildman–Crippen MR) is 118 cm³/mol. The smallest absolute Gasteiger partial charge is 0.121 e. The van der Waals surface area contributed by atoms with E-state index in [1.54, 1.807) is 5.57 Å². The zero-order chi connectivity index (χ0) is 19.7. The van der Waals surface area contributed by atoms with Crippen molar-refractivity contribution < 1.29 is 4.74 Å². The quantitative estimate of drug-likeness (QED) is 0.422. The van der Waals surface area contributed by atoms with E-state index in [-0.39, 0.29) is 0 Å². The van der Waals surface area contributed by atoms with Gasteiger partial charge in [0.25, 0.3) is 0 Å².